The van der Waals surface area contributed by atoms with Gasteiger partial charge in [-0.1, -0.05) is 27.2 Å². The van der Waals surface area contributed by atoms with Crippen molar-refractivity contribution in [1.82, 2.24) is 4.90 Å². The minimum atomic E-state index is 0.154. The normalized spacial score (nSPS) is 25.3. The molecule has 3 heteroatoms. The fourth-order valence-electron chi connectivity index (χ4n) is 3.03. The van der Waals surface area contributed by atoms with Crippen molar-refractivity contribution in [3.63, 3.8) is 0 Å². The molecule has 0 spiro atoms. The van der Waals surface area contributed by atoms with E-state index in [0.29, 0.717) is 6.10 Å². The van der Waals surface area contributed by atoms with E-state index in [1.165, 1.54) is 25.7 Å². The average molecular weight is 256 g/mol. The van der Waals surface area contributed by atoms with Crippen molar-refractivity contribution < 1.29 is 4.74 Å². The maximum atomic E-state index is 6.11. The second-order valence-electron chi connectivity index (χ2n) is 6.02. The fourth-order valence-corrected chi connectivity index (χ4v) is 3.03. The van der Waals surface area contributed by atoms with Crippen LogP contribution in [0.25, 0.3) is 0 Å². The van der Waals surface area contributed by atoms with Gasteiger partial charge in [-0.15, -0.1) is 0 Å². The molecule has 3 atom stereocenters. The van der Waals surface area contributed by atoms with Crippen LogP contribution in [-0.4, -0.2) is 43.3 Å². The highest BCUT2D eigenvalue weighted by molar-refractivity contribution is 4.91. The van der Waals surface area contributed by atoms with Gasteiger partial charge in [-0.3, -0.25) is 4.90 Å². The van der Waals surface area contributed by atoms with Gasteiger partial charge in [-0.05, 0) is 38.6 Å². The van der Waals surface area contributed by atoms with Gasteiger partial charge >= 0.3 is 0 Å². The van der Waals surface area contributed by atoms with E-state index in [9.17, 15) is 0 Å². The summed E-state index contributed by atoms with van der Waals surface area (Å²) in [5.74, 6) is 0.737. The zero-order valence-electron chi connectivity index (χ0n) is 12.7. The summed E-state index contributed by atoms with van der Waals surface area (Å²) in [6.45, 7) is 9.58. The number of ether oxygens (including phenoxy) is 1. The summed E-state index contributed by atoms with van der Waals surface area (Å²) in [6.07, 6.45) is 6.39. The largest absolute Gasteiger partial charge is 0.377 e. The molecule has 108 valence electrons. The minimum absolute atomic E-state index is 0.154. The van der Waals surface area contributed by atoms with E-state index >= 15 is 0 Å². The van der Waals surface area contributed by atoms with E-state index in [0.717, 1.165) is 32.0 Å². The predicted molar refractivity (Wildman–Crippen MR) is 77.8 cm³/mol. The summed E-state index contributed by atoms with van der Waals surface area (Å²) in [4.78, 5) is 2.47. The predicted octanol–water partition coefficient (Wildman–Crippen LogP) is 2.64. The third-order valence-electron chi connectivity index (χ3n) is 4.77. The van der Waals surface area contributed by atoms with Crippen LogP contribution in [0.2, 0.25) is 0 Å². The number of hydrogen-bond donors (Lipinski definition) is 1. The maximum Gasteiger partial charge on any atom is 0.0702 e. The summed E-state index contributed by atoms with van der Waals surface area (Å²) in [7, 11) is 2.22. The van der Waals surface area contributed by atoms with Gasteiger partial charge in [0.05, 0.1) is 6.10 Å². The lowest BCUT2D eigenvalue weighted by atomic mass is 9.83. The third kappa shape index (κ3) is 3.94. The van der Waals surface area contributed by atoms with Crippen LogP contribution in [0.15, 0.2) is 0 Å². The first-order chi connectivity index (χ1) is 8.57. The van der Waals surface area contributed by atoms with Crippen LogP contribution in [0, 0.1) is 5.92 Å². The van der Waals surface area contributed by atoms with Gasteiger partial charge in [0.25, 0.3) is 0 Å². The van der Waals surface area contributed by atoms with Crippen LogP contribution in [-0.2, 0) is 4.74 Å². The number of rotatable bonds is 8. The molecule has 3 nitrogen and oxygen atoms in total. The van der Waals surface area contributed by atoms with Crippen LogP contribution in [0.5, 0.6) is 0 Å². The van der Waals surface area contributed by atoms with Crippen molar-refractivity contribution in [1.29, 1.82) is 0 Å². The second-order valence-corrected chi connectivity index (χ2v) is 6.02. The van der Waals surface area contributed by atoms with Gasteiger partial charge in [0, 0.05) is 25.2 Å². The first kappa shape index (κ1) is 15.9. The molecule has 1 heterocycles. The van der Waals surface area contributed by atoms with Gasteiger partial charge in [0.2, 0.25) is 0 Å². The number of nitrogens with two attached hydrogens (primary N) is 1. The molecule has 2 N–H and O–H groups in total. The van der Waals surface area contributed by atoms with E-state index in [-0.39, 0.29) is 5.54 Å². The molecule has 0 aromatic heterocycles. The Labute approximate surface area is 113 Å². The van der Waals surface area contributed by atoms with Gasteiger partial charge in [0.1, 0.15) is 0 Å². The molecular weight excluding hydrogens is 224 g/mol. The molecule has 1 aliphatic heterocycles. The van der Waals surface area contributed by atoms with Crippen molar-refractivity contribution in [3.05, 3.63) is 0 Å². The Morgan fingerprint density at radius 2 is 2.17 bits per heavy atom. The topological polar surface area (TPSA) is 38.5 Å². The van der Waals surface area contributed by atoms with Crippen molar-refractivity contribution >= 4 is 0 Å². The molecule has 18 heavy (non-hydrogen) atoms. The lowest BCUT2D eigenvalue weighted by Gasteiger charge is -2.43. The molecule has 1 fully saturated rings. The second kappa shape index (κ2) is 7.46. The molecule has 0 saturated carbocycles. The standard InChI is InChI=1S/C15H32N2O/c1-5-13(3)10-15(6-2,12-16)17(4)11-14-8-7-9-18-14/h13-14H,5-12,16H2,1-4H3. The third-order valence-corrected chi connectivity index (χ3v) is 4.77. The van der Waals surface area contributed by atoms with E-state index in [1.807, 2.05) is 0 Å². The first-order valence-electron chi connectivity index (χ1n) is 7.60. The van der Waals surface area contributed by atoms with Gasteiger partial charge < -0.3 is 10.5 Å². The Balaban J connectivity index is 2.62. The first-order valence-corrected chi connectivity index (χ1v) is 7.60. The van der Waals surface area contributed by atoms with Gasteiger partial charge in [-0.25, -0.2) is 0 Å². The maximum absolute atomic E-state index is 6.11. The summed E-state index contributed by atoms with van der Waals surface area (Å²) in [6, 6.07) is 0. The van der Waals surface area contributed by atoms with E-state index < -0.39 is 0 Å². The molecule has 0 amide bonds. The Kier molecular flexibility index (Phi) is 6.61. The van der Waals surface area contributed by atoms with Crippen LogP contribution < -0.4 is 5.73 Å². The van der Waals surface area contributed by atoms with E-state index in [2.05, 4.69) is 32.7 Å². The monoisotopic (exact) mass is 256 g/mol. The van der Waals surface area contributed by atoms with Gasteiger partial charge in [-0.2, -0.15) is 0 Å². The molecule has 0 bridgehead atoms. The Morgan fingerprint density at radius 3 is 2.61 bits per heavy atom. The molecule has 1 aliphatic rings. The fraction of sp³-hybridized carbons (Fsp3) is 1.00. The lowest BCUT2D eigenvalue weighted by Crippen LogP contribution is -2.54. The number of likely N-dealkylation sites (N-methyl/N-ethyl adjacent to an activating group) is 1. The van der Waals surface area contributed by atoms with Crippen molar-refractivity contribution in [2.75, 3.05) is 26.7 Å². The van der Waals surface area contributed by atoms with Crippen LogP contribution in [0.3, 0.4) is 0 Å². The van der Waals surface area contributed by atoms with Crippen molar-refractivity contribution in [2.24, 2.45) is 11.7 Å². The van der Waals surface area contributed by atoms with Crippen molar-refractivity contribution in [2.45, 2.75) is 64.5 Å². The van der Waals surface area contributed by atoms with Gasteiger partial charge in [0.15, 0.2) is 0 Å². The molecule has 0 aromatic rings. The van der Waals surface area contributed by atoms with E-state index in [1.54, 1.807) is 0 Å². The summed E-state index contributed by atoms with van der Waals surface area (Å²) >= 11 is 0. The molecule has 0 aliphatic carbocycles. The molecule has 1 saturated heterocycles. The zero-order chi connectivity index (χ0) is 13.6. The minimum Gasteiger partial charge on any atom is -0.377 e. The Hall–Kier alpha value is -0.120. The average Bonchev–Trinajstić information content (AvgIpc) is 2.88. The molecule has 0 radical (unpaired) electrons. The highest BCUT2D eigenvalue weighted by atomic mass is 16.5. The number of nitrogens with zero attached hydrogens (tertiary/aromatic N) is 1. The Morgan fingerprint density at radius 1 is 1.44 bits per heavy atom. The SMILES string of the molecule is CCC(C)CC(CC)(CN)N(C)CC1CCCO1. The summed E-state index contributed by atoms with van der Waals surface area (Å²) < 4.78 is 5.76. The molecule has 3 unspecified atom stereocenters. The Bertz CT molecular complexity index is 223. The van der Waals surface area contributed by atoms with Crippen molar-refractivity contribution in [3.8, 4) is 0 Å². The quantitative estimate of drug-likeness (QED) is 0.725. The van der Waals surface area contributed by atoms with E-state index in [4.69, 9.17) is 10.5 Å². The van der Waals surface area contributed by atoms with Crippen LogP contribution in [0.4, 0.5) is 0 Å². The molecule has 1 rings (SSSR count). The highest BCUT2D eigenvalue weighted by Crippen LogP contribution is 2.28. The smallest absolute Gasteiger partial charge is 0.0702 e. The molecular formula is C15H32N2O. The van der Waals surface area contributed by atoms with Crippen LogP contribution >= 0.6 is 0 Å². The zero-order valence-corrected chi connectivity index (χ0v) is 12.7. The highest BCUT2D eigenvalue weighted by Gasteiger charge is 2.34. The van der Waals surface area contributed by atoms with Crippen LogP contribution in [0.1, 0.15) is 52.9 Å². The summed E-state index contributed by atoms with van der Waals surface area (Å²) in [5.41, 5.74) is 6.27. The number of hydrogen-bond acceptors (Lipinski definition) is 3. The molecule has 0 aromatic carbocycles. The lowest BCUT2D eigenvalue weighted by molar-refractivity contribution is 0.0249. The summed E-state index contributed by atoms with van der Waals surface area (Å²) in [5, 5.41) is 0.